The second-order valence-corrected chi connectivity index (χ2v) is 6.83. The summed E-state index contributed by atoms with van der Waals surface area (Å²) in [6, 6.07) is -0.207. The summed E-state index contributed by atoms with van der Waals surface area (Å²) in [5.41, 5.74) is 5.76. The molecule has 1 aliphatic carbocycles. The number of hydrogen-bond acceptors (Lipinski definition) is 3. The molecule has 0 amide bonds. The lowest BCUT2D eigenvalue weighted by Gasteiger charge is -2.35. The van der Waals surface area contributed by atoms with E-state index in [1.807, 2.05) is 0 Å². The maximum absolute atomic E-state index is 12.2. The van der Waals surface area contributed by atoms with E-state index in [-0.39, 0.29) is 18.6 Å². The van der Waals surface area contributed by atoms with Crippen molar-refractivity contribution in [3.63, 3.8) is 0 Å². The van der Waals surface area contributed by atoms with Gasteiger partial charge < -0.3 is 5.73 Å². The molecule has 0 spiro atoms. The van der Waals surface area contributed by atoms with Crippen LogP contribution in [0.3, 0.4) is 0 Å². The molecule has 3 N–H and O–H groups in total. The Morgan fingerprint density at radius 3 is 2.25 bits per heavy atom. The third-order valence-corrected chi connectivity index (χ3v) is 4.96. The minimum absolute atomic E-state index is 0.0561. The molecule has 0 atom stereocenters. The predicted molar refractivity (Wildman–Crippen MR) is 70.2 cm³/mol. The van der Waals surface area contributed by atoms with Crippen LogP contribution in [-0.4, -0.2) is 44.1 Å². The van der Waals surface area contributed by atoms with Gasteiger partial charge >= 0.3 is 6.18 Å². The van der Waals surface area contributed by atoms with Gasteiger partial charge in [0, 0.05) is 18.6 Å². The highest BCUT2D eigenvalue weighted by molar-refractivity contribution is 7.87. The molecule has 0 radical (unpaired) electrons. The Hall–Kier alpha value is -0.380. The van der Waals surface area contributed by atoms with E-state index in [1.54, 1.807) is 11.6 Å². The highest BCUT2D eigenvalue weighted by atomic mass is 32.2. The molecular weight excluding hydrogens is 295 g/mol. The number of nitrogens with one attached hydrogen (secondary N) is 1. The minimum atomic E-state index is -4.56. The molecule has 1 aliphatic rings. The standard InChI is InChI=1S/C11H22F3N3O2S/c1-2-7-17(10-5-3-9(15)4-6-10)20(18,19)16-8-11(12,13)14/h9-10,16H,2-8,15H2,1H3. The average Bonchev–Trinajstić information content (AvgIpc) is 2.34. The van der Waals surface area contributed by atoms with Gasteiger partial charge in [-0.15, -0.1) is 0 Å². The van der Waals surface area contributed by atoms with E-state index in [1.165, 1.54) is 0 Å². The first-order valence-corrected chi connectivity index (χ1v) is 8.18. The molecule has 0 heterocycles. The summed E-state index contributed by atoms with van der Waals surface area (Å²) in [6.07, 6.45) is -1.43. The molecule has 1 saturated carbocycles. The van der Waals surface area contributed by atoms with Gasteiger partial charge in [0.05, 0.1) is 0 Å². The van der Waals surface area contributed by atoms with Crippen molar-refractivity contribution in [1.82, 2.24) is 9.03 Å². The zero-order chi connectivity index (χ0) is 15.4. The van der Waals surface area contributed by atoms with E-state index in [0.717, 1.165) is 4.31 Å². The van der Waals surface area contributed by atoms with E-state index in [9.17, 15) is 21.6 Å². The smallest absolute Gasteiger partial charge is 0.328 e. The van der Waals surface area contributed by atoms with Gasteiger partial charge in [0.25, 0.3) is 10.2 Å². The van der Waals surface area contributed by atoms with Gasteiger partial charge in [0.2, 0.25) is 0 Å². The van der Waals surface area contributed by atoms with E-state index in [4.69, 9.17) is 5.73 Å². The molecule has 0 saturated heterocycles. The molecule has 1 rings (SSSR count). The lowest BCUT2D eigenvalue weighted by molar-refractivity contribution is -0.121. The van der Waals surface area contributed by atoms with Crippen LogP contribution >= 0.6 is 0 Å². The monoisotopic (exact) mass is 317 g/mol. The Morgan fingerprint density at radius 2 is 1.80 bits per heavy atom. The Balaban J connectivity index is 2.73. The van der Waals surface area contributed by atoms with E-state index in [2.05, 4.69) is 0 Å². The summed E-state index contributed by atoms with van der Waals surface area (Å²) in [6.45, 7) is 0.468. The van der Waals surface area contributed by atoms with Crippen molar-refractivity contribution in [1.29, 1.82) is 0 Å². The van der Waals surface area contributed by atoms with Crippen molar-refractivity contribution in [2.24, 2.45) is 5.73 Å². The molecule has 0 aliphatic heterocycles. The van der Waals surface area contributed by atoms with Crippen molar-refractivity contribution >= 4 is 10.2 Å². The minimum Gasteiger partial charge on any atom is -0.328 e. The summed E-state index contributed by atoms with van der Waals surface area (Å²) in [4.78, 5) is 0. The largest absolute Gasteiger partial charge is 0.402 e. The normalized spacial score (nSPS) is 25.1. The third-order valence-electron chi connectivity index (χ3n) is 3.36. The fraction of sp³-hybridized carbons (Fsp3) is 1.00. The molecule has 0 aromatic heterocycles. The number of alkyl halides is 3. The molecule has 0 aromatic carbocycles. The molecular formula is C11H22F3N3O2S. The number of halogens is 3. The van der Waals surface area contributed by atoms with Gasteiger partial charge in [-0.1, -0.05) is 6.92 Å². The fourth-order valence-corrected chi connectivity index (χ4v) is 3.90. The molecule has 120 valence electrons. The average molecular weight is 317 g/mol. The van der Waals surface area contributed by atoms with Crippen LogP contribution in [0.4, 0.5) is 13.2 Å². The number of nitrogens with zero attached hydrogens (tertiary/aromatic N) is 1. The first kappa shape index (κ1) is 17.7. The Morgan fingerprint density at radius 1 is 1.25 bits per heavy atom. The van der Waals surface area contributed by atoms with Crippen LogP contribution in [0.15, 0.2) is 0 Å². The number of rotatable bonds is 6. The van der Waals surface area contributed by atoms with Gasteiger partial charge in [0.15, 0.2) is 0 Å². The van der Waals surface area contributed by atoms with Gasteiger partial charge in [-0.25, -0.2) is 0 Å². The van der Waals surface area contributed by atoms with Crippen LogP contribution in [-0.2, 0) is 10.2 Å². The van der Waals surface area contributed by atoms with Crippen molar-refractivity contribution in [3.05, 3.63) is 0 Å². The number of hydrogen-bond donors (Lipinski definition) is 2. The van der Waals surface area contributed by atoms with Crippen LogP contribution in [0.25, 0.3) is 0 Å². The summed E-state index contributed by atoms with van der Waals surface area (Å²) >= 11 is 0. The number of nitrogens with two attached hydrogens (primary N) is 1. The van der Waals surface area contributed by atoms with Crippen molar-refractivity contribution in [3.8, 4) is 0 Å². The zero-order valence-corrected chi connectivity index (χ0v) is 12.3. The maximum Gasteiger partial charge on any atom is 0.402 e. The van der Waals surface area contributed by atoms with Crippen molar-refractivity contribution in [2.75, 3.05) is 13.1 Å². The highest BCUT2D eigenvalue weighted by Crippen LogP contribution is 2.24. The van der Waals surface area contributed by atoms with Crippen molar-refractivity contribution in [2.45, 2.75) is 57.3 Å². The van der Waals surface area contributed by atoms with Crippen LogP contribution < -0.4 is 10.5 Å². The summed E-state index contributed by atoms with van der Waals surface area (Å²) in [7, 11) is -4.11. The van der Waals surface area contributed by atoms with Crippen LogP contribution in [0.5, 0.6) is 0 Å². The van der Waals surface area contributed by atoms with Gasteiger partial charge in [-0.05, 0) is 32.1 Å². The first-order chi connectivity index (χ1) is 9.15. The predicted octanol–water partition coefficient (Wildman–Crippen LogP) is 1.37. The van der Waals surface area contributed by atoms with E-state index in [0.29, 0.717) is 32.1 Å². The maximum atomic E-state index is 12.2. The Bertz CT molecular complexity index is 392. The molecule has 9 heteroatoms. The summed E-state index contributed by atoms with van der Waals surface area (Å²) < 4.78 is 63.4. The summed E-state index contributed by atoms with van der Waals surface area (Å²) in [5.74, 6) is 0. The van der Waals surface area contributed by atoms with Gasteiger partial charge in [0.1, 0.15) is 6.54 Å². The molecule has 20 heavy (non-hydrogen) atoms. The van der Waals surface area contributed by atoms with Gasteiger partial charge in [-0.2, -0.15) is 30.6 Å². The lowest BCUT2D eigenvalue weighted by atomic mass is 9.92. The first-order valence-electron chi connectivity index (χ1n) is 6.74. The second kappa shape index (κ2) is 7.06. The van der Waals surface area contributed by atoms with Crippen molar-refractivity contribution < 1.29 is 21.6 Å². The van der Waals surface area contributed by atoms with E-state index >= 15 is 0 Å². The fourth-order valence-electron chi connectivity index (χ4n) is 2.36. The van der Waals surface area contributed by atoms with Crippen LogP contribution in [0.2, 0.25) is 0 Å². The molecule has 0 bridgehead atoms. The SMILES string of the molecule is CCCN(C1CCC(N)CC1)S(=O)(=O)NCC(F)(F)F. The molecule has 0 unspecified atom stereocenters. The second-order valence-electron chi connectivity index (χ2n) is 5.12. The van der Waals surface area contributed by atoms with Crippen LogP contribution in [0.1, 0.15) is 39.0 Å². The Kier molecular flexibility index (Phi) is 6.24. The molecule has 0 aromatic rings. The van der Waals surface area contributed by atoms with Gasteiger partial charge in [-0.3, -0.25) is 0 Å². The van der Waals surface area contributed by atoms with E-state index < -0.39 is 22.9 Å². The Labute approximate surface area is 117 Å². The molecule has 1 fully saturated rings. The lowest BCUT2D eigenvalue weighted by Crippen LogP contribution is -2.50. The highest BCUT2D eigenvalue weighted by Gasteiger charge is 2.35. The van der Waals surface area contributed by atoms with Crippen LogP contribution in [0, 0.1) is 0 Å². The zero-order valence-electron chi connectivity index (χ0n) is 11.5. The third kappa shape index (κ3) is 5.55. The topological polar surface area (TPSA) is 75.4 Å². The molecule has 5 nitrogen and oxygen atoms in total. The summed E-state index contributed by atoms with van der Waals surface area (Å²) in [5, 5.41) is 0. The quantitative estimate of drug-likeness (QED) is 0.777.